The summed E-state index contributed by atoms with van der Waals surface area (Å²) in [4.78, 5) is 24.1. The highest BCUT2D eigenvalue weighted by atomic mass is 35.5. The summed E-state index contributed by atoms with van der Waals surface area (Å²) in [6.07, 6.45) is 2.68. The van der Waals surface area contributed by atoms with E-state index >= 15 is 0 Å². The largest absolute Gasteiger partial charge is 0.469 e. The smallest absolute Gasteiger partial charge is 0.305 e. The van der Waals surface area contributed by atoms with Crippen molar-refractivity contribution < 1.29 is 22.7 Å². The quantitative estimate of drug-likeness (QED) is 0.489. The molecule has 0 aromatic heterocycles. The minimum atomic E-state index is -3.88. The summed E-state index contributed by atoms with van der Waals surface area (Å²) >= 11 is 5.83. The summed E-state index contributed by atoms with van der Waals surface area (Å²) in [7, 11) is -2.54. The number of sulfonamides is 1. The Hall–Kier alpha value is -2.42. The standard InChI is InChI=1S/C22H27ClN2O5S/c1-3-4-5-20(25-31(28,29)19-13-9-17(23)10-14-19)22(27)24-18-11-6-16(7-12-18)8-15-21(26)30-2/h6-7,9-14,20,25H,3-5,8,15H2,1-2H3,(H,24,27). The molecule has 0 radical (unpaired) electrons. The Kier molecular flexibility index (Phi) is 9.48. The summed E-state index contributed by atoms with van der Waals surface area (Å²) in [6.45, 7) is 1.97. The predicted octanol–water partition coefficient (Wildman–Crippen LogP) is 3.92. The maximum atomic E-state index is 12.8. The maximum absolute atomic E-state index is 12.8. The third-order valence-corrected chi connectivity index (χ3v) is 6.39. The van der Waals surface area contributed by atoms with Crippen LogP contribution in [0.2, 0.25) is 5.02 Å². The van der Waals surface area contributed by atoms with Crippen molar-refractivity contribution in [3.63, 3.8) is 0 Å². The van der Waals surface area contributed by atoms with Gasteiger partial charge in [0.25, 0.3) is 0 Å². The fourth-order valence-corrected chi connectivity index (χ4v) is 4.21. The number of amides is 1. The predicted molar refractivity (Wildman–Crippen MR) is 120 cm³/mol. The lowest BCUT2D eigenvalue weighted by atomic mass is 10.1. The van der Waals surface area contributed by atoms with Crippen LogP contribution in [0.1, 0.15) is 38.2 Å². The first kappa shape index (κ1) is 24.8. The lowest BCUT2D eigenvalue weighted by Gasteiger charge is -2.18. The molecule has 31 heavy (non-hydrogen) atoms. The van der Waals surface area contributed by atoms with Gasteiger partial charge in [-0.2, -0.15) is 4.72 Å². The molecule has 1 atom stereocenters. The Morgan fingerprint density at radius 2 is 1.71 bits per heavy atom. The van der Waals surface area contributed by atoms with Crippen molar-refractivity contribution in [2.75, 3.05) is 12.4 Å². The van der Waals surface area contributed by atoms with Crippen molar-refractivity contribution in [3.8, 4) is 0 Å². The van der Waals surface area contributed by atoms with Crippen LogP contribution < -0.4 is 10.0 Å². The van der Waals surface area contributed by atoms with Gasteiger partial charge in [0.05, 0.1) is 12.0 Å². The Morgan fingerprint density at radius 1 is 1.06 bits per heavy atom. The highest BCUT2D eigenvalue weighted by Gasteiger charge is 2.25. The number of anilines is 1. The van der Waals surface area contributed by atoms with Crippen LogP contribution in [0.15, 0.2) is 53.4 Å². The van der Waals surface area contributed by atoms with Gasteiger partial charge in [0.1, 0.15) is 6.04 Å². The molecule has 7 nitrogen and oxygen atoms in total. The molecule has 2 rings (SSSR count). The third-order valence-electron chi connectivity index (χ3n) is 4.65. The van der Waals surface area contributed by atoms with Gasteiger partial charge in [-0.05, 0) is 54.8 Å². The zero-order chi connectivity index (χ0) is 22.9. The Labute approximate surface area is 188 Å². The van der Waals surface area contributed by atoms with Gasteiger partial charge in [-0.25, -0.2) is 8.42 Å². The minimum absolute atomic E-state index is 0.0427. The number of unbranched alkanes of at least 4 members (excludes halogenated alkanes) is 1. The van der Waals surface area contributed by atoms with Gasteiger partial charge in [0.2, 0.25) is 15.9 Å². The van der Waals surface area contributed by atoms with Crippen LogP contribution in [0, 0.1) is 0 Å². The second kappa shape index (κ2) is 11.8. The molecule has 0 fully saturated rings. The molecule has 0 aliphatic carbocycles. The molecular formula is C22H27ClN2O5S. The number of nitrogens with one attached hydrogen (secondary N) is 2. The third kappa shape index (κ3) is 7.97. The molecule has 2 aromatic rings. The summed E-state index contributed by atoms with van der Waals surface area (Å²) < 4.78 is 32.5. The van der Waals surface area contributed by atoms with Crippen LogP contribution >= 0.6 is 11.6 Å². The number of esters is 1. The lowest BCUT2D eigenvalue weighted by molar-refractivity contribution is -0.140. The molecule has 0 spiro atoms. The molecular weight excluding hydrogens is 440 g/mol. The van der Waals surface area contributed by atoms with Crippen LogP contribution in [0.4, 0.5) is 5.69 Å². The number of hydrogen-bond acceptors (Lipinski definition) is 5. The fraction of sp³-hybridized carbons (Fsp3) is 0.364. The van der Waals surface area contributed by atoms with Gasteiger partial charge in [-0.15, -0.1) is 0 Å². The van der Waals surface area contributed by atoms with E-state index in [0.717, 1.165) is 12.0 Å². The molecule has 1 amide bonds. The normalized spacial score (nSPS) is 12.2. The Balaban J connectivity index is 2.07. The average molecular weight is 467 g/mol. The van der Waals surface area contributed by atoms with Gasteiger partial charge >= 0.3 is 5.97 Å². The van der Waals surface area contributed by atoms with Crippen molar-refractivity contribution in [1.29, 1.82) is 0 Å². The van der Waals surface area contributed by atoms with E-state index in [4.69, 9.17) is 11.6 Å². The highest BCUT2D eigenvalue weighted by Crippen LogP contribution is 2.17. The number of methoxy groups -OCH3 is 1. The van der Waals surface area contributed by atoms with Gasteiger partial charge in [-0.1, -0.05) is 43.5 Å². The molecule has 0 aliphatic rings. The molecule has 0 bridgehead atoms. The molecule has 2 N–H and O–H groups in total. The molecule has 1 unspecified atom stereocenters. The molecule has 168 valence electrons. The van der Waals surface area contributed by atoms with E-state index in [1.54, 1.807) is 24.3 Å². The van der Waals surface area contributed by atoms with Crippen molar-refractivity contribution in [3.05, 3.63) is 59.1 Å². The van der Waals surface area contributed by atoms with E-state index in [9.17, 15) is 18.0 Å². The molecule has 0 saturated heterocycles. The van der Waals surface area contributed by atoms with E-state index in [2.05, 4.69) is 14.8 Å². The van der Waals surface area contributed by atoms with E-state index in [0.29, 0.717) is 30.0 Å². The molecule has 0 saturated carbocycles. The summed E-state index contributed by atoms with van der Waals surface area (Å²) in [5, 5.41) is 3.18. The van der Waals surface area contributed by atoms with Crippen LogP contribution in [0.5, 0.6) is 0 Å². The SMILES string of the molecule is CCCCC(NS(=O)(=O)c1ccc(Cl)cc1)C(=O)Nc1ccc(CCC(=O)OC)cc1. The molecule has 0 aliphatic heterocycles. The van der Waals surface area contributed by atoms with E-state index in [1.165, 1.54) is 31.4 Å². The zero-order valence-corrected chi connectivity index (χ0v) is 19.1. The van der Waals surface area contributed by atoms with E-state index in [-0.39, 0.29) is 17.3 Å². The van der Waals surface area contributed by atoms with Gasteiger partial charge in [0.15, 0.2) is 0 Å². The Morgan fingerprint density at radius 3 is 2.29 bits per heavy atom. The number of aryl methyl sites for hydroxylation is 1. The van der Waals surface area contributed by atoms with E-state index < -0.39 is 22.0 Å². The van der Waals surface area contributed by atoms with Crippen molar-refractivity contribution in [2.45, 2.75) is 50.0 Å². The zero-order valence-electron chi connectivity index (χ0n) is 17.6. The molecule has 0 heterocycles. The summed E-state index contributed by atoms with van der Waals surface area (Å²) in [5.74, 6) is -0.725. The van der Waals surface area contributed by atoms with Gasteiger partial charge in [0, 0.05) is 17.1 Å². The number of benzene rings is 2. The van der Waals surface area contributed by atoms with Crippen LogP contribution in [0.25, 0.3) is 0 Å². The monoisotopic (exact) mass is 466 g/mol. The van der Waals surface area contributed by atoms with Crippen LogP contribution in [0.3, 0.4) is 0 Å². The van der Waals surface area contributed by atoms with Crippen LogP contribution in [-0.4, -0.2) is 33.4 Å². The van der Waals surface area contributed by atoms with Gasteiger partial charge < -0.3 is 10.1 Å². The first-order valence-electron chi connectivity index (χ1n) is 9.99. The number of hydrogen-bond donors (Lipinski definition) is 2. The number of halogens is 1. The second-order valence-corrected chi connectivity index (χ2v) is 9.18. The average Bonchev–Trinajstić information content (AvgIpc) is 2.76. The lowest BCUT2D eigenvalue weighted by Crippen LogP contribution is -2.43. The van der Waals surface area contributed by atoms with Crippen LogP contribution in [-0.2, 0) is 30.8 Å². The highest BCUT2D eigenvalue weighted by molar-refractivity contribution is 7.89. The number of ether oxygens (including phenoxy) is 1. The van der Waals surface area contributed by atoms with E-state index in [1.807, 2.05) is 6.92 Å². The number of rotatable bonds is 11. The van der Waals surface area contributed by atoms with Crippen molar-refractivity contribution in [2.24, 2.45) is 0 Å². The first-order chi connectivity index (χ1) is 14.7. The second-order valence-electron chi connectivity index (χ2n) is 7.03. The molecule has 2 aromatic carbocycles. The fourth-order valence-electron chi connectivity index (χ4n) is 2.85. The number of carbonyl (C=O) groups is 2. The summed E-state index contributed by atoms with van der Waals surface area (Å²) in [5.41, 5.74) is 1.47. The first-order valence-corrected chi connectivity index (χ1v) is 11.9. The summed E-state index contributed by atoms with van der Waals surface area (Å²) in [6, 6.07) is 11.9. The number of carbonyl (C=O) groups excluding carboxylic acids is 2. The van der Waals surface area contributed by atoms with Crippen molar-refractivity contribution >= 4 is 39.2 Å². The maximum Gasteiger partial charge on any atom is 0.305 e. The molecule has 9 heteroatoms. The minimum Gasteiger partial charge on any atom is -0.469 e. The van der Waals surface area contributed by atoms with Crippen molar-refractivity contribution in [1.82, 2.24) is 4.72 Å². The van der Waals surface area contributed by atoms with Gasteiger partial charge in [-0.3, -0.25) is 9.59 Å². The Bertz CT molecular complexity index is 976. The topological polar surface area (TPSA) is 102 Å².